The predicted octanol–water partition coefficient (Wildman–Crippen LogP) is 3.55. The lowest BCUT2D eigenvalue weighted by Gasteiger charge is -2.21. The highest BCUT2D eigenvalue weighted by Gasteiger charge is 2.26. The normalized spacial score (nSPS) is 23.4. The molecule has 2 heterocycles. The quantitative estimate of drug-likeness (QED) is 0.920. The minimum absolute atomic E-state index is 0.649. The van der Waals surface area contributed by atoms with Crippen molar-refractivity contribution < 1.29 is 0 Å². The van der Waals surface area contributed by atoms with E-state index in [1.54, 1.807) is 4.88 Å². The van der Waals surface area contributed by atoms with Gasteiger partial charge in [0.05, 0.1) is 5.69 Å². The lowest BCUT2D eigenvalue weighted by molar-refractivity contribution is 0.509. The number of thiazole rings is 1. The Morgan fingerprint density at radius 3 is 2.75 bits per heavy atom. The van der Waals surface area contributed by atoms with E-state index in [-0.39, 0.29) is 0 Å². The predicted molar refractivity (Wildman–Crippen MR) is 87.0 cm³/mol. The Hall–Kier alpha value is -0.610. The fourth-order valence-corrected chi connectivity index (χ4v) is 4.65. The van der Waals surface area contributed by atoms with Crippen molar-refractivity contribution in [3.63, 3.8) is 0 Å². The van der Waals surface area contributed by atoms with E-state index in [4.69, 9.17) is 4.98 Å². The number of anilines is 1. The standard InChI is InChI=1S/C16H27N3S/c1-2-17-12-13-8-7-9-14-15(13)18-16(20-14)19-10-5-3-4-6-11-19/h13,17H,2-12H2,1H3. The molecule has 0 amide bonds. The maximum atomic E-state index is 5.05. The summed E-state index contributed by atoms with van der Waals surface area (Å²) in [6, 6.07) is 0. The second-order valence-corrected chi connectivity index (χ2v) is 7.17. The van der Waals surface area contributed by atoms with Crippen LogP contribution < -0.4 is 10.2 Å². The third-order valence-electron chi connectivity index (χ3n) is 4.58. The SMILES string of the molecule is CCNCC1CCCc2sc(N3CCCCCC3)nc21. The lowest BCUT2D eigenvalue weighted by Crippen LogP contribution is -2.25. The number of hydrogen-bond acceptors (Lipinski definition) is 4. The maximum Gasteiger partial charge on any atom is 0.185 e. The largest absolute Gasteiger partial charge is 0.348 e. The number of nitrogens with one attached hydrogen (secondary N) is 1. The van der Waals surface area contributed by atoms with Crippen molar-refractivity contribution in [2.24, 2.45) is 0 Å². The zero-order valence-corrected chi connectivity index (χ0v) is 13.5. The Kier molecular flexibility index (Phi) is 4.94. The van der Waals surface area contributed by atoms with E-state index in [9.17, 15) is 0 Å². The number of aryl methyl sites for hydroxylation is 1. The van der Waals surface area contributed by atoms with Gasteiger partial charge in [0, 0.05) is 30.4 Å². The average Bonchev–Trinajstić information content (AvgIpc) is 2.72. The van der Waals surface area contributed by atoms with Crippen molar-refractivity contribution in [3.05, 3.63) is 10.6 Å². The van der Waals surface area contributed by atoms with Crippen LogP contribution in [0.25, 0.3) is 0 Å². The molecule has 0 spiro atoms. The van der Waals surface area contributed by atoms with E-state index < -0.39 is 0 Å². The first-order chi connectivity index (χ1) is 9.88. The van der Waals surface area contributed by atoms with Crippen LogP contribution in [0.4, 0.5) is 5.13 Å². The molecule has 1 saturated heterocycles. The van der Waals surface area contributed by atoms with Crippen molar-refractivity contribution in [2.45, 2.75) is 57.8 Å². The van der Waals surface area contributed by atoms with E-state index in [1.807, 2.05) is 11.3 Å². The van der Waals surface area contributed by atoms with Gasteiger partial charge in [0.2, 0.25) is 0 Å². The molecule has 1 aromatic rings. The van der Waals surface area contributed by atoms with Crippen molar-refractivity contribution in [1.29, 1.82) is 0 Å². The summed E-state index contributed by atoms with van der Waals surface area (Å²) in [5.41, 5.74) is 1.42. The number of nitrogens with zero attached hydrogens (tertiary/aromatic N) is 2. The summed E-state index contributed by atoms with van der Waals surface area (Å²) >= 11 is 1.98. The molecule has 1 fully saturated rings. The zero-order chi connectivity index (χ0) is 13.8. The van der Waals surface area contributed by atoms with E-state index in [1.165, 1.54) is 68.9 Å². The molecule has 1 unspecified atom stereocenters. The fourth-order valence-electron chi connectivity index (χ4n) is 3.41. The number of hydrogen-bond donors (Lipinski definition) is 1. The highest BCUT2D eigenvalue weighted by molar-refractivity contribution is 7.15. The van der Waals surface area contributed by atoms with Crippen molar-refractivity contribution in [1.82, 2.24) is 10.3 Å². The fraction of sp³-hybridized carbons (Fsp3) is 0.812. The van der Waals surface area contributed by atoms with Gasteiger partial charge >= 0.3 is 0 Å². The van der Waals surface area contributed by atoms with Gasteiger partial charge in [-0.05, 0) is 38.6 Å². The molecule has 1 atom stereocenters. The van der Waals surface area contributed by atoms with Crippen LogP contribution in [0, 0.1) is 0 Å². The molecule has 1 N–H and O–H groups in total. The van der Waals surface area contributed by atoms with Crippen molar-refractivity contribution in [2.75, 3.05) is 31.1 Å². The Balaban J connectivity index is 1.75. The molecule has 4 heteroatoms. The number of fused-ring (bicyclic) bond motifs is 1. The van der Waals surface area contributed by atoms with Gasteiger partial charge in [-0.25, -0.2) is 4.98 Å². The van der Waals surface area contributed by atoms with Gasteiger partial charge in [0.1, 0.15) is 0 Å². The van der Waals surface area contributed by atoms with Crippen LogP contribution in [-0.2, 0) is 6.42 Å². The molecule has 1 aliphatic heterocycles. The molecule has 0 radical (unpaired) electrons. The van der Waals surface area contributed by atoms with E-state index >= 15 is 0 Å². The Bertz CT molecular complexity index is 421. The Labute approximate surface area is 126 Å². The van der Waals surface area contributed by atoms with Gasteiger partial charge < -0.3 is 10.2 Å². The minimum atomic E-state index is 0.649. The smallest absolute Gasteiger partial charge is 0.185 e. The van der Waals surface area contributed by atoms with E-state index in [0.717, 1.165) is 13.1 Å². The highest BCUT2D eigenvalue weighted by Crippen LogP contribution is 2.38. The second-order valence-electron chi connectivity index (χ2n) is 6.10. The van der Waals surface area contributed by atoms with Crippen LogP contribution >= 0.6 is 11.3 Å². The molecule has 0 bridgehead atoms. The summed E-state index contributed by atoms with van der Waals surface area (Å²) in [4.78, 5) is 9.16. The van der Waals surface area contributed by atoms with Gasteiger partial charge in [-0.2, -0.15) is 0 Å². The molecular formula is C16H27N3S. The third kappa shape index (κ3) is 3.17. The van der Waals surface area contributed by atoms with Gasteiger partial charge in [-0.3, -0.25) is 0 Å². The van der Waals surface area contributed by atoms with E-state index in [2.05, 4.69) is 17.1 Å². The van der Waals surface area contributed by atoms with Crippen molar-refractivity contribution >= 4 is 16.5 Å². The molecule has 3 nitrogen and oxygen atoms in total. The first-order valence-corrected chi connectivity index (χ1v) is 9.15. The van der Waals surface area contributed by atoms with Crippen LogP contribution in [0.3, 0.4) is 0 Å². The minimum Gasteiger partial charge on any atom is -0.348 e. The van der Waals surface area contributed by atoms with Crippen molar-refractivity contribution in [3.8, 4) is 0 Å². The average molecular weight is 293 g/mol. The van der Waals surface area contributed by atoms with Crippen LogP contribution in [-0.4, -0.2) is 31.2 Å². The summed E-state index contributed by atoms with van der Waals surface area (Å²) in [5.74, 6) is 0.649. The van der Waals surface area contributed by atoms with Crippen LogP contribution in [0.2, 0.25) is 0 Å². The van der Waals surface area contributed by atoms with Crippen LogP contribution in [0.15, 0.2) is 0 Å². The topological polar surface area (TPSA) is 28.2 Å². The number of rotatable bonds is 4. The second kappa shape index (κ2) is 6.90. The molecule has 1 aliphatic carbocycles. The molecule has 0 aromatic carbocycles. The van der Waals surface area contributed by atoms with Crippen LogP contribution in [0.1, 0.15) is 61.9 Å². The molecule has 2 aliphatic rings. The lowest BCUT2D eigenvalue weighted by atomic mass is 9.91. The molecule has 0 saturated carbocycles. The highest BCUT2D eigenvalue weighted by atomic mass is 32.1. The van der Waals surface area contributed by atoms with Gasteiger partial charge in [0.25, 0.3) is 0 Å². The number of aromatic nitrogens is 1. The Morgan fingerprint density at radius 2 is 2.00 bits per heavy atom. The van der Waals surface area contributed by atoms with Gasteiger partial charge in [0.15, 0.2) is 5.13 Å². The van der Waals surface area contributed by atoms with E-state index in [0.29, 0.717) is 5.92 Å². The maximum absolute atomic E-state index is 5.05. The summed E-state index contributed by atoms with van der Waals surface area (Å²) in [5, 5.41) is 4.81. The first kappa shape index (κ1) is 14.3. The monoisotopic (exact) mass is 293 g/mol. The Morgan fingerprint density at radius 1 is 1.20 bits per heavy atom. The van der Waals surface area contributed by atoms with Gasteiger partial charge in [-0.15, -0.1) is 11.3 Å². The molecule has 1 aromatic heterocycles. The summed E-state index contributed by atoms with van der Waals surface area (Å²) in [7, 11) is 0. The summed E-state index contributed by atoms with van der Waals surface area (Å²) < 4.78 is 0. The molecule has 3 rings (SSSR count). The summed E-state index contributed by atoms with van der Waals surface area (Å²) in [6.07, 6.45) is 9.36. The van der Waals surface area contributed by atoms with Gasteiger partial charge in [-0.1, -0.05) is 19.8 Å². The first-order valence-electron chi connectivity index (χ1n) is 8.33. The molecule has 20 heavy (non-hydrogen) atoms. The zero-order valence-electron chi connectivity index (χ0n) is 12.7. The molecule has 112 valence electrons. The number of likely N-dealkylation sites (N-methyl/N-ethyl adjacent to an activating group) is 1. The third-order valence-corrected chi connectivity index (χ3v) is 5.77. The van der Waals surface area contributed by atoms with Crippen LogP contribution in [0.5, 0.6) is 0 Å². The molecular weight excluding hydrogens is 266 g/mol. The summed E-state index contributed by atoms with van der Waals surface area (Å²) in [6.45, 7) is 6.78.